The zero-order valence-electron chi connectivity index (χ0n) is 23.1. The van der Waals surface area contributed by atoms with Crippen molar-refractivity contribution in [2.24, 2.45) is 0 Å². The third-order valence-electron chi connectivity index (χ3n) is 7.78. The second-order valence-corrected chi connectivity index (χ2v) is 11.6. The molecule has 0 saturated carbocycles. The molecule has 4 heterocycles. The molecule has 6 rings (SSSR count). The van der Waals surface area contributed by atoms with E-state index in [1.165, 1.54) is 16.3 Å². The van der Waals surface area contributed by atoms with E-state index in [4.69, 9.17) is 5.73 Å². The predicted octanol–water partition coefficient (Wildman–Crippen LogP) is 2.41. The monoisotopic (exact) mass is 587 g/mol. The summed E-state index contributed by atoms with van der Waals surface area (Å²) >= 11 is 1.40. The number of hydrogen-bond acceptors (Lipinski definition) is 8. The Labute approximate surface area is 247 Å². The molecule has 3 aromatic rings. The van der Waals surface area contributed by atoms with Gasteiger partial charge in [0.15, 0.2) is 5.13 Å². The number of piperazine rings is 1. The fourth-order valence-electron chi connectivity index (χ4n) is 5.85. The largest absolute Gasteiger partial charge is 0.375 e. The van der Waals surface area contributed by atoms with E-state index in [1.807, 2.05) is 24.3 Å². The lowest BCUT2D eigenvalue weighted by atomic mass is 10.0. The fourth-order valence-corrected chi connectivity index (χ4v) is 6.63. The van der Waals surface area contributed by atoms with Crippen LogP contribution in [0.25, 0.3) is 10.2 Å². The van der Waals surface area contributed by atoms with E-state index in [0.717, 1.165) is 39.9 Å². The number of amides is 4. The molecule has 0 radical (unpaired) electrons. The van der Waals surface area contributed by atoms with Crippen LogP contribution in [0.2, 0.25) is 0 Å². The highest BCUT2D eigenvalue weighted by Gasteiger charge is 2.52. The van der Waals surface area contributed by atoms with Crippen molar-refractivity contribution in [2.75, 3.05) is 31.9 Å². The number of urea groups is 1. The van der Waals surface area contributed by atoms with Gasteiger partial charge in [0, 0.05) is 31.4 Å². The number of fused-ring (bicyclic) bond motifs is 2. The summed E-state index contributed by atoms with van der Waals surface area (Å²) in [6, 6.07) is 4.72. The van der Waals surface area contributed by atoms with Crippen LogP contribution in [-0.2, 0) is 22.6 Å². The SMILES string of the molecule is C=CCN(C(=O)NCC1=CCCC=C1)N1CC(=O)N2[C@@H](Cc3cnc[nH]3)C(=O)N(Cc3cccc4sc(N)nc34)C[C@@H]21. The Morgan fingerprint density at radius 3 is 2.95 bits per heavy atom. The maximum absolute atomic E-state index is 14.0. The summed E-state index contributed by atoms with van der Waals surface area (Å²) in [5.41, 5.74) is 9.40. The van der Waals surface area contributed by atoms with Gasteiger partial charge in [-0.3, -0.25) is 14.6 Å². The Morgan fingerprint density at radius 1 is 1.31 bits per heavy atom. The molecule has 0 spiro atoms. The number of aromatic nitrogens is 3. The van der Waals surface area contributed by atoms with E-state index in [2.05, 4.69) is 39.0 Å². The zero-order valence-corrected chi connectivity index (χ0v) is 23.9. The molecule has 42 heavy (non-hydrogen) atoms. The second-order valence-electron chi connectivity index (χ2n) is 10.5. The zero-order chi connectivity index (χ0) is 29.2. The number of allylic oxidation sites excluding steroid dienone is 2. The quantitative estimate of drug-likeness (QED) is 0.326. The van der Waals surface area contributed by atoms with Crippen LogP contribution in [0.5, 0.6) is 0 Å². The number of nitrogens with zero attached hydrogens (tertiary/aromatic N) is 6. The van der Waals surface area contributed by atoms with Crippen LogP contribution < -0.4 is 11.1 Å². The van der Waals surface area contributed by atoms with Crippen molar-refractivity contribution in [3.63, 3.8) is 0 Å². The van der Waals surface area contributed by atoms with Crippen LogP contribution in [0.4, 0.5) is 9.93 Å². The summed E-state index contributed by atoms with van der Waals surface area (Å²) in [6.07, 6.45) is 12.7. The molecule has 4 amide bonds. The normalized spacial score (nSPS) is 20.6. The molecule has 2 fully saturated rings. The number of para-hydroxylation sites is 1. The molecule has 2 aliphatic heterocycles. The van der Waals surface area contributed by atoms with E-state index in [-0.39, 0.29) is 43.9 Å². The fraction of sp³-hybridized carbons (Fsp3) is 0.345. The van der Waals surface area contributed by atoms with Crippen LogP contribution in [-0.4, -0.2) is 91.0 Å². The standard InChI is InChI=1S/C29H33N9O3S/c1-2-11-36(29(41)32-13-19-7-4-3-5-8-19)37-17-25(39)38-22(12-21-14-31-18-33-21)27(40)35(16-24(37)38)15-20-9-6-10-23-26(20)34-28(30)42-23/h2,4,6-10,14,18,22,24H,1,3,5,11-13,15-17H2,(H2,30,34)(H,31,33)(H,32,41)/t22-,24+/m0/s1. The third kappa shape index (κ3) is 5.40. The van der Waals surface area contributed by atoms with Gasteiger partial charge in [0.2, 0.25) is 11.8 Å². The number of aromatic amines is 1. The molecule has 3 aliphatic rings. The number of rotatable bonds is 9. The summed E-state index contributed by atoms with van der Waals surface area (Å²) in [5.74, 6) is -0.390. The first-order valence-electron chi connectivity index (χ1n) is 13.9. The maximum atomic E-state index is 14.0. The number of hydrazine groups is 1. The van der Waals surface area contributed by atoms with Gasteiger partial charge in [0.1, 0.15) is 12.2 Å². The van der Waals surface area contributed by atoms with Gasteiger partial charge < -0.3 is 25.8 Å². The number of anilines is 1. The van der Waals surface area contributed by atoms with Gasteiger partial charge in [-0.05, 0) is 30.0 Å². The molecule has 2 atom stereocenters. The van der Waals surface area contributed by atoms with Crippen molar-refractivity contribution >= 4 is 44.5 Å². The number of nitrogens with two attached hydrogens (primary N) is 1. The van der Waals surface area contributed by atoms with Crippen molar-refractivity contribution in [2.45, 2.75) is 38.0 Å². The smallest absolute Gasteiger partial charge is 0.332 e. The number of nitrogen functional groups attached to an aromatic ring is 1. The summed E-state index contributed by atoms with van der Waals surface area (Å²) in [4.78, 5) is 56.1. The van der Waals surface area contributed by atoms with Crippen molar-refractivity contribution in [1.29, 1.82) is 0 Å². The Bertz CT molecular complexity index is 1560. The second kappa shape index (κ2) is 11.8. The summed E-state index contributed by atoms with van der Waals surface area (Å²) in [7, 11) is 0. The van der Waals surface area contributed by atoms with E-state index < -0.39 is 12.2 Å². The molecule has 0 bridgehead atoms. The molecule has 218 valence electrons. The minimum absolute atomic E-state index is 0.0344. The van der Waals surface area contributed by atoms with Gasteiger partial charge in [-0.25, -0.2) is 14.8 Å². The molecule has 2 saturated heterocycles. The average molecular weight is 588 g/mol. The molecule has 4 N–H and O–H groups in total. The molecular formula is C29H33N9O3S. The molecule has 12 nitrogen and oxygen atoms in total. The molecule has 1 aromatic carbocycles. The van der Waals surface area contributed by atoms with Gasteiger partial charge in [0.05, 0.1) is 36.2 Å². The number of H-pyrrole nitrogens is 1. The number of benzene rings is 1. The number of thiazole rings is 1. The predicted molar refractivity (Wildman–Crippen MR) is 160 cm³/mol. The average Bonchev–Trinajstić information content (AvgIpc) is 3.72. The summed E-state index contributed by atoms with van der Waals surface area (Å²) < 4.78 is 0.944. The number of carbonyl (C=O) groups excluding carboxylic acids is 3. The number of nitrogens with one attached hydrogen (secondary N) is 2. The van der Waals surface area contributed by atoms with E-state index in [0.29, 0.717) is 18.2 Å². The molecule has 2 aromatic heterocycles. The van der Waals surface area contributed by atoms with Crippen LogP contribution in [0.3, 0.4) is 0 Å². The third-order valence-corrected chi connectivity index (χ3v) is 8.63. The number of carbonyl (C=O) groups is 3. The van der Waals surface area contributed by atoms with Gasteiger partial charge in [-0.2, -0.15) is 5.01 Å². The number of imidazole rings is 1. The molecule has 0 unspecified atom stereocenters. The Morgan fingerprint density at radius 2 is 2.19 bits per heavy atom. The molecule has 13 heteroatoms. The lowest BCUT2D eigenvalue weighted by molar-refractivity contribution is -0.157. The Hall–Kier alpha value is -4.49. The summed E-state index contributed by atoms with van der Waals surface area (Å²) in [6.45, 7) is 4.90. The Kier molecular flexibility index (Phi) is 7.76. The van der Waals surface area contributed by atoms with Crippen LogP contribution in [0, 0.1) is 0 Å². The minimum atomic E-state index is -0.771. The molecule has 1 aliphatic carbocycles. The van der Waals surface area contributed by atoms with E-state index in [1.54, 1.807) is 33.4 Å². The first kappa shape index (κ1) is 27.7. The van der Waals surface area contributed by atoms with Crippen LogP contribution >= 0.6 is 11.3 Å². The van der Waals surface area contributed by atoms with Gasteiger partial charge in [-0.1, -0.05) is 47.8 Å². The van der Waals surface area contributed by atoms with Crippen molar-refractivity contribution in [1.82, 2.24) is 40.1 Å². The van der Waals surface area contributed by atoms with Gasteiger partial charge in [0.25, 0.3) is 0 Å². The minimum Gasteiger partial charge on any atom is -0.375 e. The van der Waals surface area contributed by atoms with Gasteiger partial charge >= 0.3 is 6.03 Å². The van der Waals surface area contributed by atoms with Crippen LogP contribution in [0.15, 0.2) is 67.2 Å². The first-order valence-corrected chi connectivity index (χ1v) is 14.7. The van der Waals surface area contributed by atoms with Crippen molar-refractivity contribution in [3.05, 3.63) is 78.4 Å². The highest BCUT2D eigenvalue weighted by atomic mass is 32.1. The van der Waals surface area contributed by atoms with E-state index >= 15 is 0 Å². The first-order chi connectivity index (χ1) is 20.4. The number of hydrogen-bond donors (Lipinski definition) is 3. The van der Waals surface area contributed by atoms with Crippen molar-refractivity contribution in [3.8, 4) is 0 Å². The highest BCUT2D eigenvalue weighted by molar-refractivity contribution is 7.22. The Balaban J connectivity index is 1.30. The van der Waals surface area contributed by atoms with Crippen LogP contribution in [0.1, 0.15) is 24.1 Å². The lowest BCUT2D eigenvalue weighted by Crippen LogP contribution is -2.66. The summed E-state index contributed by atoms with van der Waals surface area (Å²) in [5, 5.41) is 6.73. The highest BCUT2D eigenvalue weighted by Crippen LogP contribution is 2.32. The van der Waals surface area contributed by atoms with Crippen molar-refractivity contribution < 1.29 is 14.4 Å². The van der Waals surface area contributed by atoms with E-state index in [9.17, 15) is 14.4 Å². The topological polar surface area (TPSA) is 144 Å². The maximum Gasteiger partial charge on any atom is 0.332 e. The lowest BCUT2D eigenvalue weighted by Gasteiger charge is -2.46. The van der Waals surface area contributed by atoms with Gasteiger partial charge in [-0.15, -0.1) is 6.58 Å². The molecular weight excluding hydrogens is 554 g/mol.